The first-order valence-electron chi connectivity index (χ1n) is 7.16. The van der Waals surface area contributed by atoms with Crippen LogP contribution in [-0.4, -0.2) is 29.3 Å². The van der Waals surface area contributed by atoms with Gasteiger partial charge in [-0.1, -0.05) is 19.9 Å². The summed E-state index contributed by atoms with van der Waals surface area (Å²) in [6, 6.07) is 6.63. The first kappa shape index (κ1) is 16.2. The normalized spacial score (nSPS) is 11.3. The van der Waals surface area contributed by atoms with Crippen LogP contribution < -0.4 is 0 Å². The predicted octanol–water partition coefficient (Wildman–Crippen LogP) is 4.91. The van der Waals surface area contributed by atoms with Gasteiger partial charge in [-0.15, -0.1) is 22.9 Å². The van der Waals surface area contributed by atoms with Crippen LogP contribution in [0.3, 0.4) is 0 Å². The van der Waals surface area contributed by atoms with Crippen molar-refractivity contribution in [1.29, 1.82) is 0 Å². The minimum Gasteiger partial charge on any atom is -0.334 e. The van der Waals surface area contributed by atoms with Crippen LogP contribution in [0.5, 0.6) is 0 Å². The largest absolute Gasteiger partial charge is 0.334 e. The number of halogens is 2. The monoisotopic (exact) mass is 327 g/mol. The lowest BCUT2D eigenvalue weighted by atomic mass is 10.1. The van der Waals surface area contributed by atoms with Gasteiger partial charge in [0.2, 0.25) is 0 Å². The third-order valence-corrected chi connectivity index (χ3v) is 4.92. The van der Waals surface area contributed by atoms with Crippen molar-refractivity contribution in [3.05, 3.63) is 35.0 Å². The smallest absolute Gasteiger partial charge is 0.264 e. The lowest BCUT2D eigenvalue weighted by Crippen LogP contribution is -2.40. The van der Waals surface area contributed by atoms with Crippen molar-refractivity contribution in [2.24, 2.45) is 0 Å². The van der Waals surface area contributed by atoms with E-state index in [1.165, 1.54) is 23.5 Å². The van der Waals surface area contributed by atoms with Crippen LogP contribution in [0.4, 0.5) is 4.39 Å². The Bertz CT molecular complexity index is 624. The number of amides is 1. The van der Waals surface area contributed by atoms with E-state index in [1.807, 2.05) is 11.0 Å². The highest BCUT2D eigenvalue weighted by Gasteiger charge is 2.23. The van der Waals surface area contributed by atoms with Gasteiger partial charge in [-0.3, -0.25) is 4.79 Å². The molecular formula is C16H19ClFNOS. The van der Waals surface area contributed by atoms with E-state index < -0.39 is 0 Å². The molecule has 0 N–H and O–H groups in total. The summed E-state index contributed by atoms with van der Waals surface area (Å²) in [5, 5.41) is 0.903. The predicted molar refractivity (Wildman–Crippen MR) is 87.9 cm³/mol. The molecule has 0 aliphatic carbocycles. The summed E-state index contributed by atoms with van der Waals surface area (Å²) in [6.07, 6.45) is 1.80. The number of benzene rings is 1. The number of carbonyl (C=O) groups excluding carboxylic acids is 1. The van der Waals surface area contributed by atoms with Crippen molar-refractivity contribution < 1.29 is 9.18 Å². The summed E-state index contributed by atoms with van der Waals surface area (Å²) >= 11 is 7.18. The molecule has 2 aromatic rings. The van der Waals surface area contributed by atoms with Crippen LogP contribution in [0, 0.1) is 5.82 Å². The van der Waals surface area contributed by atoms with Crippen molar-refractivity contribution in [1.82, 2.24) is 4.90 Å². The Morgan fingerprint density at radius 2 is 2.05 bits per heavy atom. The van der Waals surface area contributed by atoms with Gasteiger partial charge < -0.3 is 4.90 Å². The number of thiophene rings is 1. The third kappa shape index (κ3) is 3.55. The van der Waals surface area contributed by atoms with E-state index in [9.17, 15) is 9.18 Å². The second kappa shape index (κ2) is 7.23. The number of nitrogens with zero attached hydrogens (tertiary/aromatic N) is 1. The quantitative estimate of drug-likeness (QED) is 0.690. The number of fused-ring (bicyclic) bond motifs is 1. The molecule has 0 unspecified atom stereocenters. The summed E-state index contributed by atoms with van der Waals surface area (Å²) < 4.78 is 14.1. The molecule has 0 atom stereocenters. The molecule has 0 spiro atoms. The van der Waals surface area contributed by atoms with Crippen molar-refractivity contribution in [3.63, 3.8) is 0 Å². The molecule has 114 valence electrons. The lowest BCUT2D eigenvalue weighted by molar-refractivity contribution is 0.0687. The molecular weight excluding hydrogens is 309 g/mol. The average Bonchev–Trinajstić information content (AvgIpc) is 2.89. The van der Waals surface area contributed by atoms with Gasteiger partial charge >= 0.3 is 0 Å². The van der Waals surface area contributed by atoms with E-state index in [4.69, 9.17) is 11.6 Å². The maximum atomic E-state index is 13.3. The second-order valence-electron chi connectivity index (χ2n) is 4.95. The first-order chi connectivity index (χ1) is 10.1. The van der Waals surface area contributed by atoms with Gasteiger partial charge in [0.05, 0.1) is 4.88 Å². The molecule has 0 saturated carbocycles. The molecule has 21 heavy (non-hydrogen) atoms. The molecule has 0 fully saturated rings. The van der Waals surface area contributed by atoms with Crippen LogP contribution >= 0.6 is 22.9 Å². The first-order valence-corrected chi connectivity index (χ1v) is 8.51. The zero-order chi connectivity index (χ0) is 15.4. The fourth-order valence-corrected chi connectivity index (χ4v) is 3.75. The summed E-state index contributed by atoms with van der Waals surface area (Å²) in [7, 11) is 0. The van der Waals surface area contributed by atoms with Crippen molar-refractivity contribution in [2.75, 3.05) is 12.4 Å². The zero-order valence-electron chi connectivity index (χ0n) is 12.2. The highest BCUT2D eigenvalue weighted by Crippen LogP contribution is 2.28. The molecule has 1 aromatic carbocycles. The van der Waals surface area contributed by atoms with E-state index in [0.717, 1.165) is 22.9 Å². The van der Waals surface area contributed by atoms with Gasteiger partial charge in [-0.25, -0.2) is 4.39 Å². The Kier molecular flexibility index (Phi) is 5.59. The molecule has 1 amide bonds. The number of alkyl halides is 1. The number of hydrogen-bond acceptors (Lipinski definition) is 2. The Hall–Kier alpha value is -1.13. The van der Waals surface area contributed by atoms with Gasteiger partial charge in [0, 0.05) is 23.2 Å². The molecule has 0 aliphatic rings. The van der Waals surface area contributed by atoms with Crippen LogP contribution in [0.2, 0.25) is 0 Å². The van der Waals surface area contributed by atoms with Crippen LogP contribution in [0.15, 0.2) is 24.3 Å². The fourth-order valence-electron chi connectivity index (χ4n) is 2.52. The van der Waals surface area contributed by atoms with Crippen molar-refractivity contribution in [3.8, 4) is 0 Å². The number of carbonyl (C=O) groups is 1. The van der Waals surface area contributed by atoms with Gasteiger partial charge in [0.1, 0.15) is 5.82 Å². The Morgan fingerprint density at radius 1 is 1.33 bits per heavy atom. The standard InChI is InChI=1S/C16H19ClFNOS/c1-3-13(4-2)19(8-7-17)16(20)15-9-11-5-6-12(18)10-14(11)21-15/h5-6,9-10,13H,3-4,7-8H2,1-2H3. The third-order valence-electron chi connectivity index (χ3n) is 3.66. The van der Waals surface area contributed by atoms with Gasteiger partial charge in [0.25, 0.3) is 5.91 Å². The van der Waals surface area contributed by atoms with Crippen molar-refractivity contribution >= 4 is 38.9 Å². The average molecular weight is 328 g/mol. The SMILES string of the molecule is CCC(CC)N(CCCl)C(=O)c1cc2ccc(F)cc2s1. The Balaban J connectivity index is 2.33. The fraction of sp³-hybridized carbons (Fsp3) is 0.438. The molecule has 1 aromatic heterocycles. The summed E-state index contributed by atoms with van der Waals surface area (Å²) in [5.74, 6) is 0.133. The summed E-state index contributed by atoms with van der Waals surface area (Å²) in [5.41, 5.74) is 0. The number of rotatable bonds is 6. The van der Waals surface area contributed by atoms with E-state index in [1.54, 1.807) is 6.07 Å². The van der Waals surface area contributed by atoms with Gasteiger partial charge in [-0.05, 0) is 36.4 Å². The molecule has 1 heterocycles. The molecule has 0 bridgehead atoms. The Morgan fingerprint density at radius 3 is 2.67 bits per heavy atom. The Labute approximate surface area is 133 Å². The van der Waals surface area contributed by atoms with Gasteiger partial charge in [0.15, 0.2) is 0 Å². The van der Waals surface area contributed by atoms with E-state index in [2.05, 4.69) is 13.8 Å². The lowest BCUT2D eigenvalue weighted by Gasteiger charge is -2.29. The topological polar surface area (TPSA) is 20.3 Å². The second-order valence-corrected chi connectivity index (χ2v) is 6.41. The molecule has 0 saturated heterocycles. The molecule has 2 nitrogen and oxygen atoms in total. The maximum absolute atomic E-state index is 13.3. The zero-order valence-corrected chi connectivity index (χ0v) is 13.8. The van der Waals surface area contributed by atoms with Gasteiger partial charge in [-0.2, -0.15) is 0 Å². The van der Waals surface area contributed by atoms with Crippen LogP contribution in [-0.2, 0) is 0 Å². The minimum absolute atomic E-state index is 0.00837. The van der Waals surface area contributed by atoms with E-state index in [0.29, 0.717) is 17.3 Å². The van der Waals surface area contributed by atoms with Crippen LogP contribution in [0.1, 0.15) is 36.4 Å². The van der Waals surface area contributed by atoms with Crippen molar-refractivity contribution in [2.45, 2.75) is 32.7 Å². The molecule has 0 aliphatic heterocycles. The highest BCUT2D eigenvalue weighted by molar-refractivity contribution is 7.20. The highest BCUT2D eigenvalue weighted by atomic mass is 35.5. The molecule has 5 heteroatoms. The van der Waals surface area contributed by atoms with E-state index in [-0.39, 0.29) is 17.8 Å². The maximum Gasteiger partial charge on any atom is 0.264 e. The summed E-state index contributed by atoms with van der Waals surface area (Å²) in [6.45, 7) is 4.68. The molecule has 2 rings (SSSR count). The van der Waals surface area contributed by atoms with E-state index >= 15 is 0 Å². The number of hydrogen-bond donors (Lipinski definition) is 0. The minimum atomic E-state index is -0.277. The summed E-state index contributed by atoms with van der Waals surface area (Å²) in [4.78, 5) is 15.2. The molecule has 0 radical (unpaired) electrons. The van der Waals surface area contributed by atoms with Crippen LogP contribution in [0.25, 0.3) is 10.1 Å².